The van der Waals surface area contributed by atoms with Crippen LogP contribution in [0.3, 0.4) is 0 Å². The van der Waals surface area contributed by atoms with Gasteiger partial charge in [0.25, 0.3) is 5.89 Å². The van der Waals surface area contributed by atoms with Crippen molar-refractivity contribution in [3.05, 3.63) is 59.4 Å². The van der Waals surface area contributed by atoms with Crippen molar-refractivity contribution in [1.29, 1.82) is 0 Å². The molecule has 5 nitrogen and oxygen atoms in total. The van der Waals surface area contributed by atoms with E-state index in [1.54, 1.807) is 12.1 Å². The zero-order valence-corrected chi connectivity index (χ0v) is 12.0. The summed E-state index contributed by atoms with van der Waals surface area (Å²) in [5.41, 5.74) is 5.12. The van der Waals surface area contributed by atoms with Gasteiger partial charge in [0, 0.05) is 6.20 Å². The lowest BCUT2D eigenvalue weighted by Crippen LogP contribution is -2.07. The first-order valence-corrected chi connectivity index (χ1v) is 6.73. The fourth-order valence-electron chi connectivity index (χ4n) is 2.01. The van der Waals surface area contributed by atoms with E-state index in [9.17, 15) is 17.6 Å². The molecular formula is C15H10F4N4O. The van der Waals surface area contributed by atoms with Crippen LogP contribution < -0.4 is 5.73 Å². The molecule has 0 amide bonds. The smallest absolute Gasteiger partial charge is 0.417 e. The molecule has 3 aromatic rings. The lowest BCUT2D eigenvalue weighted by Gasteiger charge is -2.07. The molecular weight excluding hydrogens is 328 g/mol. The van der Waals surface area contributed by atoms with E-state index in [1.807, 2.05) is 0 Å². The van der Waals surface area contributed by atoms with E-state index in [2.05, 4.69) is 15.2 Å². The number of nitrogens with zero attached hydrogens (tertiary/aromatic N) is 3. The molecule has 0 bridgehead atoms. The summed E-state index contributed by atoms with van der Waals surface area (Å²) in [7, 11) is 0. The average Bonchev–Trinajstić information content (AvgIpc) is 2.97. The second kappa shape index (κ2) is 5.91. The summed E-state index contributed by atoms with van der Waals surface area (Å²) in [4.78, 5) is 3.66. The minimum absolute atomic E-state index is 0.0270. The molecule has 2 aromatic heterocycles. The van der Waals surface area contributed by atoms with Crippen molar-refractivity contribution in [2.45, 2.75) is 12.6 Å². The van der Waals surface area contributed by atoms with E-state index in [-0.39, 0.29) is 35.4 Å². The van der Waals surface area contributed by atoms with Gasteiger partial charge in [-0.25, -0.2) is 9.37 Å². The summed E-state index contributed by atoms with van der Waals surface area (Å²) in [6, 6.07) is 6.46. The van der Waals surface area contributed by atoms with Crippen molar-refractivity contribution >= 4 is 5.69 Å². The number of rotatable bonds is 3. The van der Waals surface area contributed by atoms with E-state index in [1.165, 1.54) is 12.1 Å². The molecule has 0 unspecified atom stereocenters. The van der Waals surface area contributed by atoms with Crippen molar-refractivity contribution < 1.29 is 22.0 Å². The maximum Gasteiger partial charge on any atom is 0.417 e. The molecule has 0 aliphatic rings. The molecule has 0 aliphatic carbocycles. The fourth-order valence-corrected chi connectivity index (χ4v) is 2.01. The summed E-state index contributed by atoms with van der Waals surface area (Å²) in [6.07, 6.45) is -3.65. The van der Waals surface area contributed by atoms with Gasteiger partial charge in [-0.2, -0.15) is 13.2 Å². The molecule has 3 rings (SSSR count). The molecule has 0 fully saturated rings. The van der Waals surface area contributed by atoms with Gasteiger partial charge in [0.05, 0.1) is 17.7 Å². The van der Waals surface area contributed by atoms with Crippen LogP contribution >= 0.6 is 0 Å². The van der Waals surface area contributed by atoms with Crippen LogP contribution in [0.15, 0.2) is 40.9 Å². The van der Waals surface area contributed by atoms with Crippen molar-refractivity contribution in [3.8, 4) is 11.6 Å². The molecule has 0 radical (unpaired) electrons. The minimum atomic E-state index is -4.54. The Bertz CT molecular complexity index is 859. The van der Waals surface area contributed by atoms with Crippen LogP contribution in [0.25, 0.3) is 11.6 Å². The zero-order valence-electron chi connectivity index (χ0n) is 12.0. The Morgan fingerprint density at radius 3 is 2.42 bits per heavy atom. The Labute approximate surface area is 133 Å². The average molecular weight is 338 g/mol. The van der Waals surface area contributed by atoms with E-state index >= 15 is 0 Å². The molecule has 1 aromatic carbocycles. The van der Waals surface area contributed by atoms with Crippen LogP contribution in [-0.2, 0) is 12.6 Å². The highest BCUT2D eigenvalue weighted by Gasteiger charge is 2.32. The largest absolute Gasteiger partial charge is 0.419 e. The number of pyridine rings is 1. The van der Waals surface area contributed by atoms with Crippen molar-refractivity contribution in [3.63, 3.8) is 0 Å². The van der Waals surface area contributed by atoms with Crippen LogP contribution in [-0.4, -0.2) is 15.2 Å². The monoisotopic (exact) mass is 338 g/mol. The molecule has 0 spiro atoms. The Balaban J connectivity index is 1.84. The standard InChI is InChI=1S/C15H10F4N4O/c16-10-3-1-8(2-4-10)5-12-22-23-14(24-12)13-11(20)6-9(7-21-13)15(17,18)19/h1-4,6-7H,5,20H2. The lowest BCUT2D eigenvalue weighted by molar-refractivity contribution is -0.137. The Hall–Kier alpha value is -2.97. The van der Waals surface area contributed by atoms with Gasteiger partial charge in [0.15, 0.2) is 0 Å². The quantitative estimate of drug-likeness (QED) is 0.740. The van der Waals surface area contributed by atoms with E-state index in [0.717, 1.165) is 11.6 Å². The molecule has 0 saturated carbocycles. The number of aromatic nitrogens is 3. The van der Waals surface area contributed by atoms with Gasteiger partial charge >= 0.3 is 6.18 Å². The predicted molar refractivity (Wildman–Crippen MR) is 76.1 cm³/mol. The van der Waals surface area contributed by atoms with Crippen molar-refractivity contribution in [1.82, 2.24) is 15.2 Å². The summed E-state index contributed by atoms with van der Waals surface area (Å²) < 4.78 is 56.0. The molecule has 0 aliphatic heterocycles. The highest BCUT2D eigenvalue weighted by molar-refractivity contribution is 5.66. The molecule has 2 N–H and O–H groups in total. The second-order valence-electron chi connectivity index (χ2n) is 4.96. The lowest BCUT2D eigenvalue weighted by atomic mass is 10.1. The van der Waals surface area contributed by atoms with Crippen LogP contribution in [0.1, 0.15) is 17.0 Å². The van der Waals surface area contributed by atoms with E-state index in [4.69, 9.17) is 10.2 Å². The van der Waals surface area contributed by atoms with Crippen LogP contribution in [0.2, 0.25) is 0 Å². The van der Waals surface area contributed by atoms with E-state index in [0.29, 0.717) is 6.20 Å². The second-order valence-corrected chi connectivity index (χ2v) is 4.96. The summed E-state index contributed by atoms with van der Waals surface area (Å²) in [6.45, 7) is 0. The third-order valence-electron chi connectivity index (χ3n) is 3.18. The minimum Gasteiger partial charge on any atom is -0.419 e. The first kappa shape index (κ1) is 15.9. The van der Waals surface area contributed by atoms with Gasteiger partial charge in [0.2, 0.25) is 5.89 Å². The molecule has 124 valence electrons. The van der Waals surface area contributed by atoms with Gasteiger partial charge in [-0.3, -0.25) is 0 Å². The van der Waals surface area contributed by atoms with Crippen LogP contribution in [0, 0.1) is 5.82 Å². The topological polar surface area (TPSA) is 77.8 Å². The molecule has 24 heavy (non-hydrogen) atoms. The number of nitrogen functional groups attached to an aromatic ring is 1. The van der Waals surface area contributed by atoms with Crippen molar-refractivity contribution in [2.24, 2.45) is 0 Å². The first-order chi connectivity index (χ1) is 11.3. The SMILES string of the molecule is Nc1cc(C(F)(F)F)cnc1-c1nnc(Cc2ccc(F)cc2)o1. The molecule has 0 atom stereocenters. The van der Waals surface area contributed by atoms with Gasteiger partial charge in [-0.15, -0.1) is 10.2 Å². The number of alkyl halides is 3. The third-order valence-corrected chi connectivity index (χ3v) is 3.18. The molecule has 0 saturated heterocycles. The van der Waals surface area contributed by atoms with Crippen LogP contribution in [0.5, 0.6) is 0 Å². The Morgan fingerprint density at radius 1 is 1.08 bits per heavy atom. The van der Waals surface area contributed by atoms with Gasteiger partial charge in [0.1, 0.15) is 11.5 Å². The number of anilines is 1. The summed E-state index contributed by atoms with van der Waals surface area (Å²) in [5.74, 6) is -0.247. The van der Waals surface area contributed by atoms with Crippen LogP contribution in [0.4, 0.5) is 23.2 Å². The highest BCUT2D eigenvalue weighted by atomic mass is 19.4. The van der Waals surface area contributed by atoms with Gasteiger partial charge in [-0.05, 0) is 23.8 Å². The molecule has 2 heterocycles. The first-order valence-electron chi connectivity index (χ1n) is 6.73. The number of halogens is 4. The number of hydrogen-bond acceptors (Lipinski definition) is 5. The highest BCUT2D eigenvalue weighted by Crippen LogP contribution is 2.32. The fraction of sp³-hybridized carbons (Fsp3) is 0.133. The number of benzene rings is 1. The summed E-state index contributed by atoms with van der Waals surface area (Å²) in [5, 5.41) is 7.53. The van der Waals surface area contributed by atoms with Gasteiger partial charge < -0.3 is 10.2 Å². The number of nitrogens with two attached hydrogens (primary N) is 1. The third kappa shape index (κ3) is 3.34. The summed E-state index contributed by atoms with van der Waals surface area (Å²) >= 11 is 0. The Kier molecular flexibility index (Phi) is 3.92. The normalized spacial score (nSPS) is 11.7. The maximum absolute atomic E-state index is 12.9. The van der Waals surface area contributed by atoms with E-state index < -0.39 is 11.7 Å². The number of hydrogen-bond donors (Lipinski definition) is 1. The zero-order chi connectivity index (χ0) is 17.3. The van der Waals surface area contributed by atoms with Gasteiger partial charge in [-0.1, -0.05) is 12.1 Å². The molecule has 9 heteroatoms. The predicted octanol–water partition coefficient (Wildman–Crippen LogP) is 3.46. The Morgan fingerprint density at radius 2 is 1.79 bits per heavy atom. The maximum atomic E-state index is 12.9. The van der Waals surface area contributed by atoms with Crippen molar-refractivity contribution in [2.75, 3.05) is 5.73 Å².